The molecule has 1 saturated heterocycles. The highest BCUT2D eigenvalue weighted by Gasteiger charge is 2.58. The first kappa shape index (κ1) is 46.3. The minimum Gasteiger partial charge on any atom is -0.508 e. The molecule has 4 aliphatic heterocycles. The molecule has 16 nitrogen and oxygen atoms in total. The summed E-state index contributed by atoms with van der Waals surface area (Å²) < 4.78 is 14.0. The van der Waals surface area contributed by atoms with Crippen molar-refractivity contribution in [3.8, 4) is 17.2 Å². The van der Waals surface area contributed by atoms with Gasteiger partial charge in [0.05, 0.1) is 17.4 Å². The van der Waals surface area contributed by atoms with Gasteiger partial charge in [-0.1, -0.05) is 44.4 Å². The summed E-state index contributed by atoms with van der Waals surface area (Å²) in [5.74, 6) is 0.692. The lowest BCUT2D eigenvalue weighted by atomic mass is 9.60. The number of aliphatic hydroxyl groups is 5. The molecule has 9 N–H and O–H groups in total. The Labute approximate surface area is 392 Å². The third kappa shape index (κ3) is 7.75. The van der Waals surface area contributed by atoms with Gasteiger partial charge >= 0.3 is 0 Å². The van der Waals surface area contributed by atoms with Crippen LogP contribution >= 0.6 is 0 Å². The Kier molecular flexibility index (Phi) is 12.1. The van der Waals surface area contributed by atoms with Gasteiger partial charge in [0, 0.05) is 61.0 Å². The third-order valence-corrected chi connectivity index (χ3v) is 15.8. The number of phenols is 2. The van der Waals surface area contributed by atoms with E-state index in [9.17, 15) is 45.3 Å². The topological polar surface area (TPSA) is 245 Å². The lowest BCUT2D eigenvalue weighted by Gasteiger charge is -2.49. The number of nitrogens with zero attached hydrogens (tertiary/aromatic N) is 1. The first-order valence-electron chi connectivity index (χ1n) is 23.9. The number of nitrogens with one attached hydrogen (secondary N) is 2. The number of phenolic OH excluding ortho intramolecular Hbond substituents is 2. The maximum atomic E-state index is 13.9. The van der Waals surface area contributed by atoms with Crippen molar-refractivity contribution in [1.29, 1.82) is 0 Å². The highest BCUT2D eigenvalue weighted by molar-refractivity contribution is 5.92. The molecule has 2 spiro atoms. The zero-order valence-electron chi connectivity index (χ0n) is 38.2. The van der Waals surface area contributed by atoms with Crippen LogP contribution in [0.25, 0.3) is 21.7 Å². The number of carbonyl (C=O) groups is 1. The molecule has 6 aliphatic rings. The molecule has 5 heterocycles. The van der Waals surface area contributed by atoms with E-state index in [0.717, 1.165) is 54.7 Å². The van der Waals surface area contributed by atoms with E-state index in [-0.39, 0.29) is 47.1 Å². The Morgan fingerprint density at radius 2 is 1.84 bits per heavy atom. The Morgan fingerprint density at radius 3 is 2.62 bits per heavy atom. The molecule has 0 radical (unpaired) electrons. The third-order valence-electron chi connectivity index (χ3n) is 15.8. The second-order valence-electron chi connectivity index (χ2n) is 19.9. The number of rotatable bonds is 13. The summed E-state index contributed by atoms with van der Waals surface area (Å²) in [7, 11) is 0. The van der Waals surface area contributed by atoms with Crippen LogP contribution in [0.2, 0.25) is 0 Å². The fraction of sp³-hybridized carbons (Fsp3) is 0.481. The van der Waals surface area contributed by atoms with Crippen molar-refractivity contribution < 1.29 is 64.4 Å². The molecule has 10 rings (SSSR count). The minimum atomic E-state index is -2.42. The fourth-order valence-electron chi connectivity index (χ4n) is 12.3. The number of fused-ring (bicyclic) bond motifs is 4. The summed E-state index contributed by atoms with van der Waals surface area (Å²) in [5, 5.41) is 80.7. The Hall–Kier alpha value is -5.43. The summed E-state index contributed by atoms with van der Waals surface area (Å²) in [6.07, 6.45) is 9.00. The first-order chi connectivity index (χ1) is 32.7. The van der Waals surface area contributed by atoms with Gasteiger partial charge < -0.3 is 50.2 Å². The number of aliphatic imine (C=N–C) groups is 1. The molecule has 1 amide bonds. The zero-order valence-corrected chi connectivity index (χ0v) is 38.2. The van der Waals surface area contributed by atoms with E-state index in [1.165, 1.54) is 36.4 Å². The largest absolute Gasteiger partial charge is 0.508 e. The predicted molar refractivity (Wildman–Crippen MR) is 249 cm³/mol. The van der Waals surface area contributed by atoms with E-state index in [0.29, 0.717) is 69.5 Å². The van der Waals surface area contributed by atoms with Gasteiger partial charge in [-0.3, -0.25) is 19.5 Å². The maximum absolute atomic E-state index is 13.9. The Balaban J connectivity index is 1.06. The number of hydrogen-bond acceptors (Lipinski definition) is 14. The number of quaternary nitrogens is 1. The lowest BCUT2D eigenvalue weighted by Crippen LogP contribution is -3.05. The second-order valence-corrected chi connectivity index (χ2v) is 19.9. The molecule has 4 aromatic rings. The van der Waals surface area contributed by atoms with Crippen LogP contribution in [0.15, 0.2) is 92.4 Å². The SMILES string of the molecule is CCC1C2=CC=NC2=C[NH+]1c1c2c(cc3c(=O)cc(C)oc13)CC(OOCC(O)(Cc1ccc(O)c3ccc(O)cc13)C(O)C(O)C(O)CO)C1(CC=CC(C3CNC(=O)C34CCCCC4)C1)O2. The number of allylic oxidation sites excluding steroid dienone is 2. The molecule has 10 unspecified atom stereocenters. The number of amides is 1. The summed E-state index contributed by atoms with van der Waals surface area (Å²) >= 11 is 0. The van der Waals surface area contributed by atoms with Gasteiger partial charge in [0.25, 0.3) is 0 Å². The van der Waals surface area contributed by atoms with Crippen molar-refractivity contribution in [2.24, 2.45) is 22.2 Å². The number of carbonyl (C=O) groups excluding carboxylic acids is 1. The van der Waals surface area contributed by atoms with Crippen LogP contribution in [0.5, 0.6) is 17.2 Å². The maximum Gasteiger partial charge on any atom is 0.226 e. The molecular weight excluding hydrogens is 875 g/mol. The molecule has 2 aliphatic carbocycles. The summed E-state index contributed by atoms with van der Waals surface area (Å²) in [6, 6.07) is 10.4. The van der Waals surface area contributed by atoms with Crippen molar-refractivity contribution in [2.75, 3.05) is 19.8 Å². The number of hydrogen-bond donors (Lipinski definition) is 9. The van der Waals surface area contributed by atoms with Crippen LogP contribution in [-0.4, -0.2) is 109 Å². The molecule has 68 heavy (non-hydrogen) atoms. The van der Waals surface area contributed by atoms with Crippen molar-refractivity contribution >= 4 is 39.6 Å². The van der Waals surface area contributed by atoms with E-state index in [1.807, 2.05) is 12.3 Å². The zero-order chi connectivity index (χ0) is 47.7. The van der Waals surface area contributed by atoms with Crippen LogP contribution in [0.4, 0.5) is 5.69 Å². The van der Waals surface area contributed by atoms with E-state index in [2.05, 4.69) is 29.4 Å². The van der Waals surface area contributed by atoms with Crippen LogP contribution in [0, 0.1) is 24.2 Å². The molecule has 0 bridgehead atoms. The Morgan fingerprint density at radius 1 is 1.03 bits per heavy atom. The smallest absolute Gasteiger partial charge is 0.226 e. The van der Waals surface area contributed by atoms with Crippen molar-refractivity contribution in [1.82, 2.24) is 5.32 Å². The average Bonchev–Trinajstić information content (AvgIpc) is 4.02. The molecular formula is C52H60N3O13+. The number of aryl methyl sites for hydroxylation is 1. The quantitative estimate of drug-likeness (QED) is 0.0530. The standard InChI is InChI=1S/C52H59N3O13/c1-3-39-34-13-17-53-38(34)25-55(39)44-46-31(19-36-41(59)18-28(2)66-47(36)44)20-43(52(67-46)16-7-8-30(23-52)37-24-54-49(63)50(37)14-5-4-6-15-50)68-65-27-51(64,48(62)45(61)42(60)26-56)22-29-9-12-40(58)33-11-10-32(57)21-35(29)33/h7-13,17-19,21,25,30,37,39,42-43,45,48,56-58,60-62,64H,3-6,14-16,20,22-24,26-27H2,1-2H3,(H,54,63)/p+1. The second kappa shape index (κ2) is 17.8. The molecule has 3 aromatic carbocycles. The Bertz CT molecular complexity index is 2830. The highest BCUT2D eigenvalue weighted by Crippen LogP contribution is 2.54. The van der Waals surface area contributed by atoms with Crippen LogP contribution in [-0.2, 0) is 27.4 Å². The minimum absolute atomic E-state index is 0.0335. The van der Waals surface area contributed by atoms with Crippen molar-refractivity contribution in [3.05, 3.63) is 105 Å². The molecule has 16 heteroatoms. The first-order valence-corrected chi connectivity index (χ1v) is 23.9. The molecule has 10 atom stereocenters. The van der Waals surface area contributed by atoms with Crippen LogP contribution in [0.3, 0.4) is 0 Å². The van der Waals surface area contributed by atoms with Gasteiger partial charge in [-0.25, -0.2) is 9.78 Å². The highest BCUT2D eigenvalue weighted by atomic mass is 17.2. The van der Waals surface area contributed by atoms with Gasteiger partial charge in [0.15, 0.2) is 11.2 Å². The van der Waals surface area contributed by atoms with Gasteiger partial charge in [0.2, 0.25) is 17.2 Å². The number of aliphatic hydroxyl groups excluding tert-OH is 4. The molecule has 1 aromatic heterocycles. The fourth-order valence-corrected chi connectivity index (χ4v) is 12.3. The number of aromatic hydroxyl groups is 2. The molecule has 1 saturated carbocycles. The van der Waals surface area contributed by atoms with Crippen molar-refractivity contribution in [2.45, 2.75) is 120 Å². The molecule has 360 valence electrons. The van der Waals surface area contributed by atoms with Gasteiger partial charge in [-0.15, -0.1) is 0 Å². The number of ether oxygens (including phenoxy) is 1. The van der Waals surface area contributed by atoms with E-state index >= 15 is 0 Å². The average molecular weight is 935 g/mol. The van der Waals surface area contributed by atoms with E-state index in [1.54, 1.807) is 19.2 Å². The van der Waals surface area contributed by atoms with Crippen LogP contribution in [0.1, 0.15) is 75.2 Å². The monoisotopic (exact) mass is 934 g/mol. The van der Waals surface area contributed by atoms with Crippen molar-refractivity contribution in [3.63, 3.8) is 0 Å². The van der Waals surface area contributed by atoms with Gasteiger partial charge in [-0.05, 0) is 85.4 Å². The van der Waals surface area contributed by atoms with Gasteiger partial charge in [-0.2, -0.15) is 0 Å². The van der Waals surface area contributed by atoms with E-state index < -0.39 is 60.7 Å². The lowest BCUT2D eigenvalue weighted by molar-refractivity contribution is -0.793. The molecule has 2 fully saturated rings. The predicted octanol–water partition coefficient (Wildman–Crippen LogP) is 3.53. The van der Waals surface area contributed by atoms with Crippen LogP contribution < -0.4 is 20.4 Å². The number of benzene rings is 3. The van der Waals surface area contributed by atoms with E-state index in [4.69, 9.17) is 18.9 Å². The summed E-state index contributed by atoms with van der Waals surface area (Å²) in [5.41, 5.74) is -0.352. The summed E-state index contributed by atoms with van der Waals surface area (Å²) in [4.78, 5) is 45.8. The normalized spacial score (nSPS) is 28.2. The summed E-state index contributed by atoms with van der Waals surface area (Å²) in [6.45, 7) is 2.66. The van der Waals surface area contributed by atoms with Gasteiger partial charge in [0.1, 0.15) is 77.4 Å².